The van der Waals surface area contributed by atoms with Crippen molar-refractivity contribution >= 4 is 23.2 Å². The number of amides is 2. The van der Waals surface area contributed by atoms with Crippen LogP contribution >= 0.6 is 11.3 Å². The lowest BCUT2D eigenvalue weighted by Crippen LogP contribution is -2.51. The van der Waals surface area contributed by atoms with Crippen LogP contribution in [0.15, 0.2) is 16.8 Å². The molecule has 1 aromatic heterocycles. The largest absolute Gasteiger partial charge is 0.344 e. The van der Waals surface area contributed by atoms with Gasteiger partial charge in [0.05, 0.1) is 0 Å². The second kappa shape index (κ2) is 6.60. The molecule has 0 aliphatic carbocycles. The Bertz CT molecular complexity index is 498. The Morgan fingerprint density at radius 2 is 2.14 bits per heavy atom. The van der Waals surface area contributed by atoms with Crippen molar-refractivity contribution in [3.05, 3.63) is 22.4 Å². The van der Waals surface area contributed by atoms with Crippen LogP contribution in [-0.2, 0) is 9.59 Å². The number of likely N-dealkylation sites (tertiary alicyclic amines) is 1. The third kappa shape index (κ3) is 3.64. The maximum atomic E-state index is 12.8. The SMILES string of the molecule is CC(=O)NC(C(=O)N1CC(c2ccsc2)CC1C)C(C)C. The van der Waals surface area contributed by atoms with E-state index in [1.165, 1.54) is 12.5 Å². The lowest BCUT2D eigenvalue weighted by atomic mass is 10.00. The highest BCUT2D eigenvalue weighted by atomic mass is 32.1. The van der Waals surface area contributed by atoms with Crippen molar-refractivity contribution in [2.45, 2.75) is 52.1 Å². The van der Waals surface area contributed by atoms with E-state index in [4.69, 9.17) is 0 Å². The first-order valence-corrected chi connectivity index (χ1v) is 8.44. The van der Waals surface area contributed by atoms with Gasteiger partial charge in [0.2, 0.25) is 11.8 Å². The molecule has 1 fully saturated rings. The van der Waals surface area contributed by atoms with Crippen molar-refractivity contribution in [1.29, 1.82) is 0 Å². The van der Waals surface area contributed by atoms with E-state index in [9.17, 15) is 9.59 Å². The molecule has 2 amide bonds. The van der Waals surface area contributed by atoms with E-state index in [1.54, 1.807) is 11.3 Å². The van der Waals surface area contributed by atoms with E-state index >= 15 is 0 Å². The molecule has 3 atom stereocenters. The summed E-state index contributed by atoms with van der Waals surface area (Å²) in [7, 11) is 0. The van der Waals surface area contributed by atoms with Crippen molar-refractivity contribution in [1.82, 2.24) is 10.2 Å². The molecule has 1 aromatic rings. The summed E-state index contributed by atoms with van der Waals surface area (Å²) in [6.07, 6.45) is 0.993. The molecule has 5 heteroatoms. The van der Waals surface area contributed by atoms with E-state index in [-0.39, 0.29) is 23.8 Å². The van der Waals surface area contributed by atoms with E-state index in [1.807, 2.05) is 18.7 Å². The standard InChI is InChI=1S/C16H24N2O2S/c1-10(2)15(17-12(4)19)16(20)18-8-14(7-11(18)3)13-5-6-21-9-13/h5-6,9-11,14-15H,7-8H2,1-4H3,(H,17,19). The smallest absolute Gasteiger partial charge is 0.245 e. The van der Waals surface area contributed by atoms with E-state index in [0.717, 1.165) is 13.0 Å². The maximum absolute atomic E-state index is 12.8. The highest BCUT2D eigenvalue weighted by Gasteiger charge is 2.37. The van der Waals surface area contributed by atoms with Crippen molar-refractivity contribution in [3.8, 4) is 0 Å². The molecular formula is C16H24N2O2S. The van der Waals surface area contributed by atoms with Gasteiger partial charge < -0.3 is 10.2 Å². The molecule has 1 aliphatic rings. The normalized spacial score (nSPS) is 23.4. The van der Waals surface area contributed by atoms with Gasteiger partial charge in [0.25, 0.3) is 0 Å². The van der Waals surface area contributed by atoms with Gasteiger partial charge in [0.1, 0.15) is 6.04 Å². The molecule has 116 valence electrons. The topological polar surface area (TPSA) is 49.4 Å². The molecule has 0 spiro atoms. The molecule has 3 unspecified atom stereocenters. The van der Waals surface area contributed by atoms with Gasteiger partial charge in [-0.1, -0.05) is 13.8 Å². The first kappa shape index (κ1) is 16.0. The summed E-state index contributed by atoms with van der Waals surface area (Å²) in [5, 5.41) is 7.05. The number of hydrogen-bond acceptors (Lipinski definition) is 3. The first-order chi connectivity index (χ1) is 9.90. The fourth-order valence-corrected chi connectivity index (χ4v) is 3.74. The zero-order valence-corrected chi connectivity index (χ0v) is 13.9. The minimum absolute atomic E-state index is 0.0467. The number of rotatable bonds is 4. The van der Waals surface area contributed by atoms with Crippen LogP contribution in [0.3, 0.4) is 0 Å². The third-order valence-corrected chi connectivity index (χ3v) is 4.87. The number of carbonyl (C=O) groups excluding carboxylic acids is 2. The monoisotopic (exact) mass is 308 g/mol. The molecule has 2 rings (SSSR count). The van der Waals surface area contributed by atoms with Gasteiger partial charge in [0, 0.05) is 25.4 Å². The maximum Gasteiger partial charge on any atom is 0.245 e. The van der Waals surface area contributed by atoms with Crippen LogP contribution in [0.2, 0.25) is 0 Å². The van der Waals surface area contributed by atoms with Gasteiger partial charge >= 0.3 is 0 Å². The Morgan fingerprint density at radius 1 is 1.43 bits per heavy atom. The second-order valence-electron chi connectivity index (χ2n) is 6.25. The Hall–Kier alpha value is -1.36. The first-order valence-electron chi connectivity index (χ1n) is 7.49. The minimum Gasteiger partial charge on any atom is -0.344 e. The summed E-state index contributed by atoms with van der Waals surface area (Å²) < 4.78 is 0. The Balaban J connectivity index is 2.09. The van der Waals surface area contributed by atoms with Crippen molar-refractivity contribution in [2.24, 2.45) is 5.92 Å². The van der Waals surface area contributed by atoms with Gasteiger partial charge in [-0.2, -0.15) is 11.3 Å². The molecule has 1 saturated heterocycles. The molecule has 2 heterocycles. The zero-order valence-electron chi connectivity index (χ0n) is 13.1. The summed E-state index contributed by atoms with van der Waals surface area (Å²) >= 11 is 1.70. The van der Waals surface area contributed by atoms with Gasteiger partial charge in [-0.15, -0.1) is 0 Å². The second-order valence-corrected chi connectivity index (χ2v) is 7.03. The predicted octanol–water partition coefficient (Wildman–Crippen LogP) is 2.61. The molecule has 0 aromatic carbocycles. The Morgan fingerprint density at radius 3 is 2.67 bits per heavy atom. The fourth-order valence-electron chi connectivity index (χ4n) is 3.00. The molecule has 4 nitrogen and oxygen atoms in total. The van der Waals surface area contributed by atoms with Crippen LogP contribution < -0.4 is 5.32 Å². The van der Waals surface area contributed by atoms with Gasteiger partial charge in [-0.05, 0) is 41.7 Å². The van der Waals surface area contributed by atoms with Crippen molar-refractivity contribution < 1.29 is 9.59 Å². The van der Waals surface area contributed by atoms with Crippen LogP contribution in [0, 0.1) is 5.92 Å². The van der Waals surface area contributed by atoms with Gasteiger partial charge in [-0.25, -0.2) is 0 Å². The van der Waals surface area contributed by atoms with Crippen LogP contribution in [0.4, 0.5) is 0 Å². The molecule has 0 bridgehead atoms. The van der Waals surface area contributed by atoms with Crippen molar-refractivity contribution in [2.75, 3.05) is 6.54 Å². The van der Waals surface area contributed by atoms with Crippen LogP contribution in [-0.4, -0.2) is 35.3 Å². The van der Waals surface area contributed by atoms with Crippen LogP contribution in [0.5, 0.6) is 0 Å². The summed E-state index contributed by atoms with van der Waals surface area (Å²) in [4.78, 5) is 26.0. The fraction of sp³-hybridized carbons (Fsp3) is 0.625. The lowest BCUT2D eigenvalue weighted by Gasteiger charge is -2.29. The Labute approximate surface area is 130 Å². The highest BCUT2D eigenvalue weighted by molar-refractivity contribution is 7.07. The number of nitrogens with one attached hydrogen (secondary N) is 1. The quantitative estimate of drug-likeness (QED) is 0.929. The van der Waals surface area contributed by atoms with Gasteiger partial charge in [0.15, 0.2) is 0 Å². The summed E-state index contributed by atoms with van der Waals surface area (Å²) in [5.74, 6) is 0.405. The molecule has 1 aliphatic heterocycles. The van der Waals surface area contributed by atoms with Crippen LogP contribution in [0.1, 0.15) is 45.6 Å². The lowest BCUT2D eigenvalue weighted by molar-refractivity contribution is -0.137. The Kier molecular flexibility index (Phi) is 5.04. The molecule has 1 N–H and O–H groups in total. The minimum atomic E-state index is -0.425. The summed E-state index contributed by atoms with van der Waals surface area (Å²) in [6.45, 7) is 8.24. The molecule has 0 saturated carbocycles. The van der Waals surface area contributed by atoms with E-state index in [0.29, 0.717) is 5.92 Å². The average Bonchev–Trinajstić information content (AvgIpc) is 3.03. The molecular weight excluding hydrogens is 284 g/mol. The number of nitrogens with zero attached hydrogens (tertiary/aromatic N) is 1. The predicted molar refractivity (Wildman–Crippen MR) is 85.3 cm³/mol. The van der Waals surface area contributed by atoms with E-state index in [2.05, 4.69) is 29.1 Å². The van der Waals surface area contributed by atoms with Crippen molar-refractivity contribution in [3.63, 3.8) is 0 Å². The highest BCUT2D eigenvalue weighted by Crippen LogP contribution is 2.33. The number of thiophene rings is 1. The number of hydrogen-bond donors (Lipinski definition) is 1. The third-order valence-electron chi connectivity index (χ3n) is 4.16. The zero-order chi connectivity index (χ0) is 15.6. The van der Waals surface area contributed by atoms with Gasteiger partial charge in [-0.3, -0.25) is 9.59 Å². The van der Waals surface area contributed by atoms with Crippen LogP contribution in [0.25, 0.3) is 0 Å². The average molecular weight is 308 g/mol. The van der Waals surface area contributed by atoms with E-state index < -0.39 is 6.04 Å². The molecule has 21 heavy (non-hydrogen) atoms. The summed E-state index contributed by atoms with van der Waals surface area (Å²) in [6, 6.07) is 1.94. The summed E-state index contributed by atoms with van der Waals surface area (Å²) in [5.41, 5.74) is 1.32. The molecule has 0 radical (unpaired) electrons. The number of carbonyl (C=O) groups is 2.